The third-order valence-corrected chi connectivity index (χ3v) is 4.56. The molecule has 1 saturated heterocycles. The van der Waals surface area contributed by atoms with Crippen LogP contribution in [-0.4, -0.2) is 29.3 Å². The van der Waals surface area contributed by atoms with Gasteiger partial charge < -0.3 is 10.6 Å². The standard InChI is InChI=1S/C20H16F2N4O3/c1-20(15-10-13(21)4-7-16(15)22)18(28)26(19(29)25-20)11-17(27)24-14-5-2-12(3-6-14)8-9-23/h2-7,10H,8,11H2,1H3,(H,24,27)(H,25,29). The average Bonchev–Trinajstić information content (AvgIpc) is 2.89. The van der Waals surface area contributed by atoms with Crippen molar-refractivity contribution >= 4 is 23.5 Å². The number of hydrogen-bond donors (Lipinski definition) is 2. The fourth-order valence-corrected chi connectivity index (χ4v) is 3.05. The van der Waals surface area contributed by atoms with Crippen LogP contribution in [0.25, 0.3) is 0 Å². The molecule has 1 fully saturated rings. The highest BCUT2D eigenvalue weighted by Gasteiger charge is 2.50. The maximum absolute atomic E-state index is 14.1. The van der Waals surface area contributed by atoms with Crippen molar-refractivity contribution in [2.24, 2.45) is 0 Å². The molecule has 2 N–H and O–H groups in total. The summed E-state index contributed by atoms with van der Waals surface area (Å²) in [6, 6.07) is 10.2. The summed E-state index contributed by atoms with van der Waals surface area (Å²) in [5.41, 5.74) is -0.968. The van der Waals surface area contributed by atoms with Gasteiger partial charge >= 0.3 is 6.03 Å². The van der Waals surface area contributed by atoms with E-state index in [2.05, 4.69) is 10.6 Å². The number of anilines is 1. The Morgan fingerprint density at radius 2 is 1.90 bits per heavy atom. The first-order chi connectivity index (χ1) is 13.7. The Labute approximate surface area is 164 Å². The second-order valence-corrected chi connectivity index (χ2v) is 6.65. The lowest BCUT2D eigenvalue weighted by molar-refractivity contribution is -0.133. The van der Waals surface area contributed by atoms with Crippen LogP contribution in [0.5, 0.6) is 0 Å². The number of nitrogens with one attached hydrogen (secondary N) is 2. The van der Waals surface area contributed by atoms with Gasteiger partial charge in [-0.2, -0.15) is 5.26 Å². The molecule has 0 saturated carbocycles. The molecule has 2 aromatic carbocycles. The van der Waals surface area contributed by atoms with Crippen molar-refractivity contribution in [3.63, 3.8) is 0 Å². The van der Waals surface area contributed by atoms with Crippen molar-refractivity contribution in [2.45, 2.75) is 18.9 Å². The van der Waals surface area contributed by atoms with Crippen LogP contribution in [0.2, 0.25) is 0 Å². The quantitative estimate of drug-likeness (QED) is 0.755. The molecule has 1 atom stereocenters. The van der Waals surface area contributed by atoms with Gasteiger partial charge in [0.15, 0.2) is 0 Å². The average molecular weight is 398 g/mol. The van der Waals surface area contributed by atoms with E-state index in [1.165, 1.54) is 6.92 Å². The molecule has 0 spiro atoms. The van der Waals surface area contributed by atoms with Crippen LogP contribution in [0.3, 0.4) is 0 Å². The van der Waals surface area contributed by atoms with Gasteiger partial charge in [0.2, 0.25) is 5.91 Å². The molecule has 1 aliphatic rings. The first kappa shape index (κ1) is 19.9. The number of urea groups is 1. The second-order valence-electron chi connectivity index (χ2n) is 6.65. The number of nitrogens with zero attached hydrogens (tertiary/aromatic N) is 2. The zero-order valence-electron chi connectivity index (χ0n) is 15.3. The molecule has 0 aliphatic carbocycles. The van der Waals surface area contributed by atoms with E-state index >= 15 is 0 Å². The smallest absolute Gasteiger partial charge is 0.325 e. The number of imide groups is 1. The predicted octanol–water partition coefficient (Wildman–Crippen LogP) is 2.44. The molecular weight excluding hydrogens is 382 g/mol. The summed E-state index contributed by atoms with van der Waals surface area (Å²) in [4.78, 5) is 37.9. The second kappa shape index (κ2) is 7.67. The van der Waals surface area contributed by atoms with Gasteiger partial charge in [0.1, 0.15) is 23.7 Å². The molecule has 1 aliphatic heterocycles. The summed E-state index contributed by atoms with van der Waals surface area (Å²) in [6.45, 7) is 0.647. The first-order valence-electron chi connectivity index (χ1n) is 8.60. The molecule has 4 amide bonds. The summed E-state index contributed by atoms with van der Waals surface area (Å²) in [7, 11) is 0. The molecule has 29 heavy (non-hydrogen) atoms. The van der Waals surface area contributed by atoms with Crippen molar-refractivity contribution in [3.05, 3.63) is 65.2 Å². The Bertz CT molecular complexity index is 1030. The number of hydrogen-bond acceptors (Lipinski definition) is 4. The van der Waals surface area contributed by atoms with Crippen LogP contribution < -0.4 is 10.6 Å². The number of carbonyl (C=O) groups is 3. The van der Waals surface area contributed by atoms with Gasteiger partial charge in [0, 0.05) is 11.3 Å². The molecule has 0 bridgehead atoms. The topological polar surface area (TPSA) is 102 Å². The van der Waals surface area contributed by atoms with Gasteiger partial charge in [-0.1, -0.05) is 12.1 Å². The van der Waals surface area contributed by atoms with E-state index in [-0.39, 0.29) is 12.0 Å². The van der Waals surface area contributed by atoms with Crippen LogP contribution in [0, 0.1) is 23.0 Å². The Morgan fingerprint density at radius 1 is 1.21 bits per heavy atom. The molecule has 9 heteroatoms. The molecule has 3 rings (SSSR count). The number of nitriles is 1. The Kier molecular flexibility index (Phi) is 5.28. The third kappa shape index (κ3) is 3.91. The zero-order chi connectivity index (χ0) is 21.2. The molecule has 1 heterocycles. The van der Waals surface area contributed by atoms with Crippen LogP contribution in [0.4, 0.5) is 19.3 Å². The van der Waals surface area contributed by atoms with E-state index in [0.29, 0.717) is 10.6 Å². The van der Waals surface area contributed by atoms with Crippen molar-refractivity contribution in [3.8, 4) is 6.07 Å². The molecule has 1 unspecified atom stereocenters. The normalized spacial score (nSPS) is 18.3. The number of amides is 4. The third-order valence-electron chi connectivity index (χ3n) is 4.56. The SMILES string of the molecule is CC1(c2cc(F)ccc2F)NC(=O)N(CC(=O)Nc2ccc(CC#N)cc2)C1=O. The van der Waals surface area contributed by atoms with Gasteiger partial charge in [0.05, 0.1) is 12.5 Å². The monoisotopic (exact) mass is 398 g/mol. The Balaban J connectivity index is 1.73. The Hall–Kier alpha value is -3.80. The number of halogens is 2. The minimum atomic E-state index is -1.83. The van der Waals surface area contributed by atoms with Crippen LogP contribution >= 0.6 is 0 Å². The maximum Gasteiger partial charge on any atom is 0.325 e. The van der Waals surface area contributed by atoms with Crippen molar-refractivity contribution < 1.29 is 23.2 Å². The fourth-order valence-electron chi connectivity index (χ4n) is 3.05. The van der Waals surface area contributed by atoms with Crippen molar-refractivity contribution in [1.82, 2.24) is 10.2 Å². The molecule has 0 radical (unpaired) electrons. The van der Waals surface area contributed by atoms with Crippen LogP contribution in [0.15, 0.2) is 42.5 Å². The summed E-state index contributed by atoms with van der Waals surface area (Å²) < 4.78 is 27.7. The minimum absolute atomic E-state index is 0.228. The Morgan fingerprint density at radius 3 is 2.55 bits per heavy atom. The minimum Gasteiger partial charge on any atom is -0.325 e. The molecule has 2 aromatic rings. The number of carbonyl (C=O) groups excluding carboxylic acids is 3. The van der Waals surface area contributed by atoms with Gasteiger partial charge in [-0.3, -0.25) is 14.5 Å². The van der Waals surface area contributed by atoms with Gasteiger partial charge in [-0.15, -0.1) is 0 Å². The van der Waals surface area contributed by atoms with Gasteiger partial charge in [-0.05, 0) is 42.8 Å². The van der Waals surface area contributed by atoms with E-state index in [9.17, 15) is 23.2 Å². The van der Waals surface area contributed by atoms with Crippen LogP contribution in [-0.2, 0) is 21.5 Å². The summed E-state index contributed by atoms with van der Waals surface area (Å²) in [6.07, 6.45) is 0.228. The summed E-state index contributed by atoms with van der Waals surface area (Å²) >= 11 is 0. The van der Waals surface area contributed by atoms with Gasteiger partial charge in [-0.25, -0.2) is 13.6 Å². The van der Waals surface area contributed by atoms with Crippen molar-refractivity contribution in [1.29, 1.82) is 5.26 Å². The lowest BCUT2D eigenvalue weighted by Gasteiger charge is -2.22. The summed E-state index contributed by atoms with van der Waals surface area (Å²) in [5, 5.41) is 13.5. The van der Waals surface area contributed by atoms with E-state index in [0.717, 1.165) is 23.8 Å². The highest BCUT2D eigenvalue weighted by molar-refractivity contribution is 6.10. The van der Waals surface area contributed by atoms with Crippen LogP contribution in [0.1, 0.15) is 18.1 Å². The molecule has 7 nitrogen and oxygen atoms in total. The van der Waals surface area contributed by atoms with Gasteiger partial charge in [0.25, 0.3) is 5.91 Å². The lowest BCUT2D eigenvalue weighted by Crippen LogP contribution is -2.42. The van der Waals surface area contributed by atoms with E-state index in [1.54, 1.807) is 24.3 Å². The summed E-state index contributed by atoms with van der Waals surface area (Å²) in [5.74, 6) is -3.14. The highest BCUT2D eigenvalue weighted by Crippen LogP contribution is 2.31. The lowest BCUT2D eigenvalue weighted by atomic mass is 9.91. The fraction of sp³-hybridized carbons (Fsp3) is 0.200. The molecule has 148 valence electrons. The van der Waals surface area contributed by atoms with E-state index in [1.807, 2.05) is 6.07 Å². The molecule has 0 aromatic heterocycles. The molecular formula is C20H16F2N4O3. The number of benzene rings is 2. The zero-order valence-corrected chi connectivity index (χ0v) is 15.3. The largest absolute Gasteiger partial charge is 0.325 e. The number of rotatable bonds is 5. The van der Waals surface area contributed by atoms with E-state index in [4.69, 9.17) is 5.26 Å². The maximum atomic E-state index is 14.1. The highest BCUT2D eigenvalue weighted by atomic mass is 19.1. The van der Waals surface area contributed by atoms with Crippen molar-refractivity contribution in [2.75, 3.05) is 11.9 Å². The predicted molar refractivity (Wildman–Crippen MR) is 98.3 cm³/mol. The first-order valence-corrected chi connectivity index (χ1v) is 8.60. The van der Waals surface area contributed by atoms with E-state index < -0.39 is 41.6 Å².